The summed E-state index contributed by atoms with van der Waals surface area (Å²) in [7, 11) is 0. The van der Waals surface area contributed by atoms with Crippen LogP contribution < -0.4 is 0 Å². The van der Waals surface area contributed by atoms with Crippen LogP contribution in [-0.2, 0) is 0 Å². The van der Waals surface area contributed by atoms with Gasteiger partial charge >= 0.3 is 0 Å². The molecule has 0 bridgehead atoms. The number of benzene rings is 4. The minimum Gasteiger partial charge on any atom is -0.235 e. The number of fused-ring (bicyclic) bond motifs is 3. The minimum atomic E-state index is 1.05. The van der Waals surface area contributed by atoms with Gasteiger partial charge in [-0.2, -0.15) is 0 Å². The molecule has 0 amide bonds. The third-order valence-corrected chi connectivity index (χ3v) is 9.85. The van der Waals surface area contributed by atoms with Gasteiger partial charge in [-0.1, -0.05) is 66.7 Å². The summed E-state index contributed by atoms with van der Waals surface area (Å²) < 4.78 is 2.44. The molecule has 162 valence electrons. The summed E-state index contributed by atoms with van der Waals surface area (Å²) in [6.07, 6.45) is 0. The highest BCUT2D eigenvalue weighted by Crippen LogP contribution is 2.50. The van der Waals surface area contributed by atoms with Crippen molar-refractivity contribution in [1.29, 1.82) is 0 Å². The quantitative estimate of drug-likeness (QED) is 0.246. The molecule has 0 aliphatic rings. The molecule has 0 saturated heterocycles. The molecule has 0 unspecified atom stereocenters. The maximum Gasteiger partial charge on any atom is 0.135 e. The van der Waals surface area contributed by atoms with E-state index in [4.69, 9.17) is 9.97 Å². The summed E-state index contributed by atoms with van der Waals surface area (Å²) in [5.41, 5.74) is 5.92. The molecule has 5 heteroatoms. The van der Waals surface area contributed by atoms with Gasteiger partial charge in [0.15, 0.2) is 0 Å². The van der Waals surface area contributed by atoms with Crippen molar-refractivity contribution in [2.75, 3.05) is 0 Å². The van der Waals surface area contributed by atoms with Gasteiger partial charge in [-0.05, 0) is 53.1 Å². The highest BCUT2D eigenvalue weighted by Gasteiger charge is 2.24. The van der Waals surface area contributed by atoms with Gasteiger partial charge in [-0.15, -0.1) is 34.0 Å². The first kappa shape index (κ1) is 20.0. The Morgan fingerprint density at radius 3 is 1.85 bits per heavy atom. The fraction of sp³-hybridized carbons (Fsp3) is 0.0345. The lowest BCUT2D eigenvalue weighted by molar-refractivity contribution is 1.46. The van der Waals surface area contributed by atoms with Gasteiger partial charge in [0.1, 0.15) is 10.0 Å². The molecule has 0 atom stereocenters. The van der Waals surface area contributed by atoms with Crippen LogP contribution in [0.2, 0.25) is 0 Å². The van der Waals surface area contributed by atoms with Gasteiger partial charge in [-0.3, -0.25) is 0 Å². The molecule has 2 nitrogen and oxygen atoms in total. The van der Waals surface area contributed by atoms with Crippen molar-refractivity contribution in [3.05, 3.63) is 96.6 Å². The van der Waals surface area contributed by atoms with E-state index < -0.39 is 0 Å². The third kappa shape index (κ3) is 3.12. The molecule has 7 aromatic rings. The van der Waals surface area contributed by atoms with Crippen LogP contribution in [0.4, 0.5) is 0 Å². The summed E-state index contributed by atoms with van der Waals surface area (Å²) in [4.78, 5) is 12.5. The van der Waals surface area contributed by atoms with Gasteiger partial charge in [-0.25, -0.2) is 9.97 Å². The Hall–Kier alpha value is -3.38. The molecule has 4 aromatic carbocycles. The Labute approximate surface area is 208 Å². The monoisotopic (exact) mass is 490 g/mol. The molecule has 0 aliphatic heterocycles. The summed E-state index contributed by atoms with van der Waals surface area (Å²) in [6, 6.07) is 32.0. The van der Waals surface area contributed by atoms with Crippen molar-refractivity contribution in [1.82, 2.24) is 9.97 Å². The molecule has 0 aliphatic carbocycles. The Kier molecular flexibility index (Phi) is 4.62. The van der Waals surface area contributed by atoms with Crippen LogP contribution in [0.25, 0.3) is 62.1 Å². The lowest BCUT2D eigenvalue weighted by Gasteiger charge is -2.09. The van der Waals surface area contributed by atoms with Gasteiger partial charge in [0.2, 0.25) is 0 Å². The van der Waals surface area contributed by atoms with E-state index in [0.717, 1.165) is 21.0 Å². The number of nitrogens with zero attached hydrogens (tertiary/aromatic N) is 2. The number of hydrogen-bond donors (Lipinski definition) is 0. The summed E-state index contributed by atoms with van der Waals surface area (Å²) in [5.74, 6) is 0. The van der Waals surface area contributed by atoms with Crippen LogP contribution in [0.15, 0.2) is 91.0 Å². The van der Waals surface area contributed by atoms with Crippen LogP contribution >= 0.6 is 34.0 Å². The maximum atomic E-state index is 5.05. The van der Waals surface area contributed by atoms with Crippen molar-refractivity contribution < 1.29 is 0 Å². The van der Waals surface area contributed by atoms with Crippen LogP contribution in [0.1, 0.15) is 5.56 Å². The molecule has 0 fully saturated rings. The highest BCUT2D eigenvalue weighted by molar-refractivity contribution is 7.29. The second kappa shape index (κ2) is 7.84. The van der Waals surface area contributed by atoms with Crippen molar-refractivity contribution in [3.8, 4) is 30.9 Å². The fourth-order valence-corrected chi connectivity index (χ4v) is 8.04. The van der Waals surface area contributed by atoms with E-state index in [9.17, 15) is 0 Å². The van der Waals surface area contributed by atoms with Gasteiger partial charge < -0.3 is 0 Å². The summed E-state index contributed by atoms with van der Waals surface area (Å²) in [6.45, 7) is 2.24. The van der Waals surface area contributed by atoms with E-state index in [1.165, 1.54) is 46.6 Å². The van der Waals surface area contributed by atoms with Crippen molar-refractivity contribution in [2.45, 2.75) is 6.92 Å². The summed E-state index contributed by atoms with van der Waals surface area (Å²) in [5, 5.41) is 4.67. The highest BCUT2D eigenvalue weighted by atomic mass is 32.1. The van der Waals surface area contributed by atoms with E-state index in [2.05, 4.69) is 97.9 Å². The molecule has 0 radical (unpaired) electrons. The van der Waals surface area contributed by atoms with Crippen LogP contribution in [0.3, 0.4) is 0 Å². The van der Waals surface area contributed by atoms with Crippen molar-refractivity contribution >= 4 is 65.2 Å². The van der Waals surface area contributed by atoms with Crippen LogP contribution in [0.5, 0.6) is 0 Å². The Morgan fingerprint density at radius 2 is 1.15 bits per heavy atom. The molecular weight excluding hydrogens is 473 g/mol. The first-order chi connectivity index (χ1) is 16.8. The molecular formula is C29H18N2S3. The number of aromatic nitrogens is 2. The second-order valence-electron chi connectivity index (χ2n) is 8.26. The zero-order valence-corrected chi connectivity index (χ0v) is 20.7. The molecule has 3 heterocycles. The number of rotatable bonds is 3. The molecule has 0 saturated carbocycles. The van der Waals surface area contributed by atoms with E-state index in [0.29, 0.717) is 0 Å². The number of thiophene rings is 1. The lowest BCUT2D eigenvalue weighted by atomic mass is 9.95. The zero-order valence-electron chi connectivity index (χ0n) is 18.3. The largest absolute Gasteiger partial charge is 0.235 e. The smallest absolute Gasteiger partial charge is 0.135 e. The standard InChI is InChI=1S/C29H18N2S3/c1-17-25(20-12-8-10-18-9-2-3-11-19(18)20)27(29-31-22-14-5-7-16-24(22)33-29)34-26(17)28-30-21-13-4-6-15-23(21)32-28/h2-16H,1H3. The van der Waals surface area contributed by atoms with Crippen molar-refractivity contribution in [3.63, 3.8) is 0 Å². The van der Waals surface area contributed by atoms with Crippen LogP contribution in [-0.4, -0.2) is 9.97 Å². The topological polar surface area (TPSA) is 25.8 Å². The molecule has 0 spiro atoms. The van der Waals surface area contributed by atoms with Gasteiger partial charge in [0, 0.05) is 5.56 Å². The third-order valence-electron chi connectivity index (χ3n) is 6.18. The Balaban J connectivity index is 1.54. The maximum absolute atomic E-state index is 5.05. The molecule has 34 heavy (non-hydrogen) atoms. The number of para-hydroxylation sites is 2. The zero-order chi connectivity index (χ0) is 22.6. The van der Waals surface area contributed by atoms with E-state index in [1.807, 2.05) is 11.3 Å². The first-order valence-corrected chi connectivity index (χ1v) is 13.5. The predicted molar refractivity (Wildman–Crippen MR) is 149 cm³/mol. The fourth-order valence-electron chi connectivity index (χ4n) is 4.57. The average Bonchev–Trinajstić information content (AvgIpc) is 3.58. The van der Waals surface area contributed by atoms with E-state index in [1.54, 1.807) is 22.7 Å². The predicted octanol–water partition coefficient (Wildman–Crippen LogP) is 9.43. The summed E-state index contributed by atoms with van der Waals surface area (Å²) >= 11 is 5.36. The van der Waals surface area contributed by atoms with Gasteiger partial charge in [0.05, 0.1) is 30.2 Å². The normalized spacial score (nSPS) is 11.7. The molecule has 7 rings (SSSR count). The Bertz CT molecular complexity index is 1770. The first-order valence-electron chi connectivity index (χ1n) is 11.1. The van der Waals surface area contributed by atoms with Crippen LogP contribution in [0, 0.1) is 6.92 Å². The molecule has 0 N–H and O–H groups in total. The minimum absolute atomic E-state index is 1.05. The van der Waals surface area contributed by atoms with E-state index >= 15 is 0 Å². The SMILES string of the molecule is Cc1c(-c2nc3ccccc3s2)sc(-c2nc3ccccc3s2)c1-c1cccc2ccccc12. The van der Waals surface area contributed by atoms with E-state index in [-0.39, 0.29) is 0 Å². The Morgan fingerprint density at radius 1 is 0.559 bits per heavy atom. The second-order valence-corrected chi connectivity index (χ2v) is 11.3. The lowest BCUT2D eigenvalue weighted by Crippen LogP contribution is -1.85. The van der Waals surface area contributed by atoms with Crippen molar-refractivity contribution in [2.24, 2.45) is 0 Å². The number of thiazole rings is 2. The molecule has 3 aromatic heterocycles. The average molecular weight is 491 g/mol. The van der Waals surface area contributed by atoms with Gasteiger partial charge in [0.25, 0.3) is 0 Å². The number of hydrogen-bond acceptors (Lipinski definition) is 5.